The molecule has 0 saturated carbocycles. The molecule has 0 aromatic heterocycles. The second-order valence-electron chi connectivity index (χ2n) is 4.17. The lowest BCUT2D eigenvalue weighted by Gasteiger charge is -2.36. The van der Waals surface area contributed by atoms with E-state index in [1.165, 1.54) is 25.9 Å². The summed E-state index contributed by atoms with van der Waals surface area (Å²) in [6, 6.07) is 0.785. The zero-order valence-electron chi connectivity index (χ0n) is 8.42. The fourth-order valence-corrected chi connectivity index (χ4v) is 1.99. The number of hydrogen-bond acceptors (Lipinski definition) is 2. The minimum absolute atomic E-state index is 0.785. The molecule has 2 nitrogen and oxygen atoms in total. The first-order chi connectivity index (χ1) is 5.74. The van der Waals surface area contributed by atoms with Gasteiger partial charge in [0.15, 0.2) is 0 Å². The van der Waals surface area contributed by atoms with Gasteiger partial charge in [-0.2, -0.15) is 0 Å². The molecule has 1 rings (SSSR count). The molecular weight excluding hydrogens is 148 g/mol. The first-order valence-corrected chi connectivity index (χ1v) is 5.18. The van der Waals surface area contributed by atoms with Crippen molar-refractivity contribution in [3.63, 3.8) is 0 Å². The molecule has 0 amide bonds. The van der Waals surface area contributed by atoms with Crippen LogP contribution in [0.1, 0.15) is 33.1 Å². The molecule has 2 unspecified atom stereocenters. The van der Waals surface area contributed by atoms with Crippen molar-refractivity contribution in [2.24, 2.45) is 11.7 Å². The molecule has 1 fully saturated rings. The lowest BCUT2D eigenvalue weighted by Crippen LogP contribution is -2.41. The van der Waals surface area contributed by atoms with Gasteiger partial charge in [-0.1, -0.05) is 6.92 Å². The fraction of sp³-hybridized carbons (Fsp3) is 1.00. The summed E-state index contributed by atoms with van der Waals surface area (Å²) in [7, 11) is 0. The standard InChI is InChI=1S/C10H22N2/c1-9-4-5-10(2)12(8-9)7-3-6-11/h9-10H,3-8,11H2,1-2H3. The Hall–Kier alpha value is -0.0800. The lowest BCUT2D eigenvalue weighted by molar-refractivity contribution is 0.124. The summed E-state index contributed by atoms with van der Waals surface area (Å²) >= 11 is 0. The summed E-state index contributed by atoms with van der Waals surface area (Å²) in [4.78, 5) is 2.58. The number of piperidine rings is 1. The summed E-state index contributed by atoms with van der Waals surface area (Å²) in [6.45, 7) is 7.99. The summed E-state index contributed by atoms with van der Waals surface area (Å²) in [5, 5.41) is 0. The molecule has 0 radical (unpaired) electrons. The SMILES string of the molecule is CC1CCC(C)N(CCCN)C1. The minimum Gasteiger partial charge on any atom is -0.330 e. The highest BCUT2D eigenvalue weighted by molar-refractivity contribution is 4.76. The van der Waals surface area contributed by atoms with Crippen LogP contribution in [0.25, 0.3) is 0 Å². The molecule has 1 heterocycles. The van der Waals surface area contributed by atoms with Crippen LogP contribution < -0.4 is 5.73 Å². The van der Waals surface area contributed by atoms with Crippen LogP contribution in [-0.4, -0.2) is 30.6 Å². The Morgan fingerprint density at radius 3 is 2.75 bits per heavy atom. The third-order valence-electron chi connectivity index (χ3n) is 2.90. The maximum Gasteiger partial charge on any atom is 0.00671 e. The van der Waals surface area contributed by atoms with Crippen LogP contribution in [0.3, 0.4) is 0 Å². The summed E-state index contributed by atoms with van der Waals surface area (Å²) in [5.74, 6) is 0.888. The van der Waals surface area contributed by atoms with Gasteiger partial charge in [-0.25, -0.2) is 0 Å². The molecular formula is C10H22N2. The predicted octanol–water partition coefficient (Wildman–Crippen LogP) is 1.46. The molecule has 2 N–H and O–H groups in total. The Labute approximate surface area is 76.1 Å². The van der Waals surface area contributed by atoms with E-state index in [2.05, 4.69) is 18.7 Å². The van der Waals surface area contributed by atoms with Gasteiger partial charge in [0, 0.05) is 12.6 Å². The molecule has 1 aliphatic rings. The van der Waals surface area contributed by atoms with Crippen molar-refractivity contribution in [2.45, 2.75) is 39.2 Å². The smallest absolute Gasteiger partial charge is 0.00671 e. The van der Waals surface area contributed by atoms with E-state index >= 15 is 0 Å². The Kier molecular flexibility index (Phi) is 4.02. The molecule has 1 saturated heterocycles. The van der Waals surface area contributed by atoms with Crippen LogP contribution in [0.5, 0.6) is 0 Å². The second-order valence-corrected chi connectivity index (χ2v) is 4.17. The van der Waals surface area contributed by atoms with E-state index in [0.717, 1.165) is 24.9 Å². The third-order valence-corrected chi connectivity index (χ3v) is 2.90. The van der Waals surface area contributed by atoms with Gasteiger partial charge in [0.1, 0.15) is 0 Å². The number of hydrogen-bond donors (Lipinski definition) is 1. The largest absolute Gasteiger partial charge is 0.330 e. The molecule has 1 aliphatic heterocycles. The first kappa shape index (κ1) is 10.0. The Bertz CT molecular complexity index is 125. The van der Waals surface area contributed by atoms with Crippen molar-refractivity contribution in [1.82, 2.24) is 4.90 Å². The van der Waals surface area contributed by atoms with Crippen LogP contribution in [0.4, 0.5) is 0 Å². The van der Waals surface area contributed by atoms with Crippen molar-refractivity contribution < 1.29 is 0 Å². The highest BCUT2D eigenvalue weighted by Crippen LogP contribution is 2.20. The molecule has 72 valence electrons. The van der Waals surface area contributed by atoms with Crippen molar-refractivity contribution in [2.75, 3.05) is 19.6 Å². The van der Waals surface area contributed by atoms with Crippen molar-refractivity contribution in [3.8, 4) is 0 Å². The van der Waals surface area contributed by atoms with Crippen LogP contribution in [0.15, 0.2) is 0 Å². The van der Waals surface area contributed by atoms with E-state index in [1.54, 1.807) is 0 Å². The summed E-state index contributed by atoms with van der Waals surface area (Å²) in [6.07, 6.45) is 3.92. The highest BCUT2D eigenvalue weighted by Gasteiger charge is 2.21. The Morgan fingerprint density at radius 2 is 2.08 bits per heavy atom. The molecule has 0 spiro atoms. The Balaban J connectivity index is 2.28. The number of rotatable bonds is 3. The molecule has 0 bridgehead atoms. The molecule has 0 aromatic rings. The normalized spacial score (nSPS) is 32.2. The van der Waals surface area contributed by atoms with Crippen molar-refractivity contribution in [3.05, 3.63) is 0 Å². The van der Waals surface area contributed by atoms with Gasteiger partial charge in [-0.05, 0) is 45.2 Å². The third kappa shape index (κ3) is 2.76. The average molecular weight is 170 g/mol. The van der Waals surface area contributed by atoms with E-state index in [1.807, 2.05) is 0 Å². The van der Waals surface area contributed by atoms with Gasteiger partial charge in [-0.15, -0.1) is 0 Å². The number of likely N-dealkylation sites (tertiary alicyclic amines) is 1. The predicted molar refractivity (Wildman–Crippen MR) is 53.1 cm³/mol. The van der Waals surface area contributed by atoms with E-state index < -0.39 is 0 Å². The first-order valence-electron chi connectivity index (χ1n) is 5.18. The summed E-state index contributed by atoms with van der Waals surface area (Å²) in [5.41, 5.74) is 5.50. The van der Waals surface area contributed by atoms with E-state index in [9.17, 15) is 0 Å². The zero-order chi connectivity index (χ0) is 8.97. The van der Waals surface area contributed by atoms with Gasteiger partial charge in [-0.3, -0.25) is 0 Å². The van der Waals surface area contributed by atoms with Crippen LogP contribution in [0, 0.1) is 5.92 Å². The van der Waals surface area contributed by atoms with Crippen molar-refractivity contribution in [1.29, 1.82) is 0 Å². The van der Waals surface area contributed by atoms with Gasteiger partial charge in [0.05, 0.1) is 0 Å². The van der Waals surface area contributed by atoms with Gasteiger partial charge >= 0.3 is 0 Å². The maximum absolute atomic E-state index is 5.50. The van der Waals surface area contributed by atoms with E-state index in [0.29, 0.717) is 0 Å². The quantitative estimate of drug-likeness (QED) is 0.694. The zero-order valence-corrected chi connectivity index (χ0v) is 8.42. The molecule has 0 aliphatic carbocycles. The highest BCUT2D eigenvalue weighted by atomic mass is 15.2. The van der Waals surface area contributed by atoms with E-state index in [4.69, 9.17) is 5.73 Å². The topological polar surface area (TPSA) is 29.3 Å². The second kappa shape index (κ2) is 4.83. The van der Waals surface area contributed by atoms with Crippen molar-refractivity contribution >= 4 is 0 Å². The van der Waals surface area contributed by atoms with Crippen LogP contribution in [0.2, 0.25) is 0 Å². The lowest BCUT2D eigenvalue weighted by atomic mass is 9.95. The average Bonchev–Trinajstić information content (AvgIpc) is 2.07. The maximum atomic E-state index is 5.50. The molecule has 12 heavy (non-hydrogen) atoms. The summed E-state index contributed by atoms with van der Waals surface area (Å²) < 4.78 is 0. The fourth-order valence-electron chi connectivity index (χ4n) is 1.99. The van der Waals surface area contributed by atoms with Gasteiger partial charge in [0.2, 0.25) is 0 Å². The van der Waals surface area contributed by atoms with Gasteiger partial charge in [0.25, 0.3) is 0 Å². The number of nitrogens with two attached hydrogens (primary N) is 1. The molecule has 2 heteroatoms. The minimum atomic E-state index is 0.785. The van der Waals surface area contributed by atoms with Crippen LogP contribution in [-0.2, 0) is 0 Å². The monoisotopic (exact) mass is 170 g/mol. The molecule has 2 atom stereocenters. The molecule has 0 aromatic carbocycles. The Morgan fingerprint density at radius 1 is 1.33 bits per heavy atom. The van der Waals surface area contributed by atoms with E-state index in [-0.39, 0.29) is 0 Å². The van der Waals surface area contributed by atoms with Gasteiger partial charge < -0.3 is 10.6 Å². The van der Waals surface area contributed by atoms with Crippen LogP contribution >= 0.6 is 0 Å². The number of nitrogens with zero attached hydrogens (tertiary/aromatic N) is 1.